The number of fused-ring (bicyclic) bond motifs is 1. The first kappa shape index (κ1) is 23.6. The minimum atomic E-state index is -4.74. The lowest BCUT2D eigenvalue weighted by atomic mass is 10.0. The number of benzene rings is 1. The van der Waals surface area contributed by atoms with Gasteiger partial charge in [-0.05, 0) is 103 Å². The Bertz CT molecular complexity index is 1070. The highest BCUT2D eigenvalue weighted by atomic mass is 79.9. The molecule has 176 valence electrons. The number of aromatic nitrogens is 3. The molecule has 0 saturated carbocycles. The molecule has 0 amide bonds. The fourth-order valence-electron chi connectivity index (χ4n) is 4.47. The predicted molar refractivity (Wildman–Crippen MR) is 125 cm³/mol. The van der Waals surface area contributed by atoms with E-state index in [0.717, 1.165) is 30.4 Å². The van der Waals surface area contributed by atoms with Crippen LogP contribution in [0.1, 0.15) is 42.6 Å². The number of halogens is 4. The van der Waals surface area contributed by atoms with Gasteiger partial charge >= 0.3 is 6.18 Å². The number of allylic oxidation sites excluding steroid dienone is 2. The van der Waals surface area contributed by atoms with Crippen molar-refractivity contribution in [3.8, 4) is 0 Å². The summed E-state index contributed by atoms with van der Waals surface area (Å²) in [5.41, 5.74) is 3.05. The molecule has 11 heteroatoms. The molecular weight excluding hydrogens is 499 g/mol. The lowest BCUT2D eigenvalue weighted by molar-refractivity contribution is -0.144. The molecule has 0 bridgehead atoms. The van der Waals surface area contributed by atoms with E-state index in [4.69, 9.17) is 10.8 Å². The second-order valence-corrected chi connectivity index (χ2v) is 9.17. The van der Waals surface area contributed by atoms with E-state index in [-0.39, 0.29) is 16.4 Å². The lowest BCUT2D eigenvalue weighted by Gasteiger charge is -2.25. The van der Waals surface area contributed by atoms with Gasteiger partial charge in [0.15, 0.2) is 0 Å². The molecule has 1 saturated heterocycles. The van der Waals surface area contributed by atoms with Gasteiger partial charge in [-0.1, -0.05) is 6.07 Å². The lowest BCUT2D eigenvalue weighted by Crippen LogP contribution is -2.32. The number of rotatable bonds is 5. The summed E-state index contributed by atoms with van der Waals surface area (Å²) in [7, 11) is 0. The molecule has 2 heterocycles. The third-order valence-electron chi connectivity index (χ3n) is 6.09. The molecule has 1 aliphatic carbocycles. The zero-order valence-electron chi connectivity index (χ0n) is 17.9. The van der Waals surface area contributed by atoms with Crippen molar-refractivity contribution in [2.45, 2.75) is 50.7 Å². The number of hydrogen-bond acceptors (Lipinski definition) is 6. The normalized spacial score (nSPS) is 19.5. The number of nitrogens with zero attached hydrogens (tertiary/aromatic N) is 4. The molecule has 1 aromatic heterocycles. The van der Waals surface area contributed by atoms with Crippen LogP contribution >= 0.6 is 15.9 Å². The smallest absolute Gasteiger partial charge is 0.324 e. The van der Waals surface area contributed by atoms with E-state index in [0.29, 0.717) is 11.7 Å². The van der Waals surface area contributed by atoms with Crippen LogP contribution in [0.3, 0.4) is 0 Å². The maximum atomic E-state index is 13.2. The molecule has 4 rings (SSSR count). The molecule has 1 atom stereocenters. The first-order valence-corrected chi connectivity index (χ1v) is 11.7. The van der Waals surface area contributed by atoms with Crippen molar-refractivity contribution in [1.82, 2.24) is 19.7 Å². The summed E-state index contributed by atoms with van der Waals surface area (Å²) in [6.07, 6.45) is 4.28. The van der Waals surface area contributed by atoms with Gasteiger partial charge < -0.3 is 10.2 Å². The van der Waals surface area contributed by atoms with E-state index in [1.165, 1.54) is 49.2 Å². The number of alkyl halides is 3. The summed E-state index contributed by atoms with van der Waals surface area (Å²) >= 11 is 2.91. The van der Waals surface area contributed by atoms with Crippen LogP contribution in [0.2, 0.25) is 0 Å². The van der Waals surface area contributed by atoms with Crippen LogP contribution in [0.15, 0.2) is 30.4 Å². The molecule has 1 fully saturated rings. The van der Waals surface area contributed by atoms with Gasteiger partial charge in [-0.2, -0.15) is 22.8 Å². The molecule has 2 aliphatic rings. The number of hydrogen-bond donors (Lipinski definition) is 3. The monoisotopic (exact) mass is 523 g/mol. The topological polar surface area (TPSA) is 93.7 Å². The van der Waals surface area contributed by atoms with Gasteiger partial charge in [-0.3, -0.25) is 10.8 Å². The average molecular weight is 524 g/mol. The third-order valence-corrected chi connectivity index (χ3v) is 6.35. The molecule has 7 nitrogen and oxygen atoms in total. The van der Waals surface area contributed by atoms with Crippen LogP contribution in [0.4, 0.5) is 24.8 Å². The Morgan fingerprint density at radius 2 is 1.79 bits per heavy atom. The maximum absolute atomic E-state index is 13.2. The number of nitrogens with one attached hydrogen (secondary N) is 3. The zero-order valence-corrected chi connectivity index (χ0v) is 19.5. The van der Waals surface area contributed by atoms with Crippen LogP contribution in [0.25, 0.3) is 0 Å². The van der Waals surface area contributed by atoms with Crippen molar-refractivity contribution >= 4 is 38.0 Å². The average Bonchev–Trinajstić information content (AvgIpc) is 3.39. The van der Waals surface area contributed by atoms with Crippen LogP contribution in [0, 0.1) is 10.8 Å². The van der Waals surface area contributed by atoms with E-state index in [1.54, 1.807) is 0 Å². The van der Waals surface area contributed by atoms with Gasteiger partial charge in [0, 0.05) is 11.7 Å². The van der Waals surface area contributed by atoms with Gasteiger partial charge in [0.05, 0.1) is 4.62 Å². The van der Waals surface area contributed by atoms with Crippen molar-refractivity contribution in [3.63, 3.8) is 0 Å². The molecule has 1 aromatic carbocycles. The second kappa shape index (κ2) is 9.76. The van der Waals surface area contributed by atoms with Crippen LogP contribution < -0.4 is 5.32 Å². The maximum Gasteiger partial charge on any atom is 0.453 e. The number of likely N-dealkylation sites (tertiary alicyclic amines) is 1. The zero-order chi connectivity index (χ0) is 23.6. The summed E-state index contributed by atoms with van der Waals surface area (Å²) in [5.74, 6) is -1.89. The van der Waals surface area contributed by atoms with E-state index in [1.807, 2.05) is 18.2 Å². The van der Waals surface area contributed by atoms with Crippen LogP contribution in [-0.4, -0.2) is 49.3 Å². The fourth-order valence-corrected chi connectivity index (χ4v) is 4.61. The molecular formula is C22H25BrF3N7. The minimum absolute atomic E-state index is 0.0177. The highest BCUT2D eigenvalue weighted by Crippen LogP contribution is 2.30. The molecule has 3 N–H and O–H groups in total. The van der Waals surface area contributed by atoms with Crippen LogP contribution in [-0.2, 0) is 19.0 Å². The standard InChI is InChI=1S/C22H25BrF3N7/c23-18(27)9-10-19(28)33-21(30-20(31-33)22(24,25)26)29-16-6-3-14-4-7-17(8-5-15(14)13-16)32-11-1-2-12-32/h3,6,9-10,13,17,27-28H,1-2,4-5,7-8,11-12H2,(H,29,30,31)/b10-9-,27-18?,28-19?. The van der Waals surface area contributed by atoms with Crippen molar-refractivity contribution in [3.05, 3.63) is 47.3 Å². The summed E-state index contributed by atoms with van der Waals surface area (Å²) in [4.78, 5) is 6.17. The molecule has 0 radical (unpaired) electrons. The molecule has 1 aliphatic heterocycles. The largest absolute Gasteiger partial charge is 0.453 e. The summed E-state index contributed by atoms with van der Waals surface area (Å²) in [6.45, 7) is 2.33. The van der Waals surface area contributed by atoms with E-state index < -0.39 is 12.0 Å². The molecule has 1 unspecified atom stereocenters. The SMILES string of the molecule is N=C(Br)/C=C\C(=N)n1nc(C(F)(F)F)nc1Nc1ccc2c(c1)CCC(N1CCCC1)CC2. The van der Waals surface area contributed by atoms with E-state index in [9.17, 15) is 13.2 Å². The second-order valence-electron chi connectivity index (χ2n) is 8.32. The number of aryl methyl sites for hydroxylation is 2. The summed E-state index contributed by atoms with van der Waals surface area (Å²) in [6, 6.07) is 6.39. The third kappa shape index (κ3) is 5.70. The molecule has 33 heavy (non-hydrogen) atoms. The van der Waals surface area contributed by atoms with Gasteiger partial charge in [0.2, 0.25) is 5.95 Å². The van der Waals surface area contributed by atoms with Crippen LogP contribution in [0.5, 0.6) is 0 Å². The van der Waals surface area contributed by atoms with Gasteiger partial charge in [0.1, 0.15) is 5.84 Å². The first-order valence-electron chi connectivity index (χ1n) is 10.9. The summed E-state index contributed by atoms with van der Waals surface area (Å²) < 4.78 is 40.5. The minimum Gasteiger partial charge on any atom is -0.324 e. The Morgan fingerprint density at radius 1 is 1.09 bits per heavy atom. The Labute approximate surface area is 198 Å². The van der Waals surface area contributed by atoms with E-state index >= 15 is 0 Å². The highest BCUT2D eigenvalue weighted by molar-refractivity contribution is 9.18. The fraction of sp³-hybridized carbons (Fsp3) is 0.455. The highest BCUT2D eigenvalue weighted by Gasteiger charge is 2.37. The predicted octanol–water partition coefficient (Wildman–Crippen LogP) is 5.14. The Kier molecular flexibility index (Phi) is 6.99. The van der Waals surface area contributed by atoms with Crippen molar-refractivity contribution in [2.75, 3.05) is 18.4 Å². The summed E-state index contributed by atoms with van der Waals surface area (Å²) in [5, 5.41) is 21.8. The Hall–Kier alpha value is -2.53. The van der Waals surface area contributed by atoms with Crippen molar-refractivity contribution < 1.29 is 13.2 Å². The Morgan fingerprint density at radius 3 is 2.45 bits per heavy atom. The van der Waals surface area contributed by atoms with Gasteiger partial charge in [-0.15, -0.1) is 5.10 Å². The quantitative estimate of drug-likeness (QED) is 0.287. The van der Waals surface area contributed by atoms with E-state index in [2.05, 4.69) is 36.2 Å². The number of anilines is 2. The van der Waals surface area contributed by atoms with Gasteiger partial charge in [-0.25, -0.2) is 0 Å². The van der Waals surface area contributed by atoms with Gasteiger partial charge in [0.25, 0.3) is 5.82 Å². The first-order chi connectivity index (χ1) is 15.7. The van der Waals surface area contributed by atoms with Crippen molar-refractivity contribution in [1.29, 1.82) is 10.8 Å². The van der Waals surface area contributed by atoms with Crippen molar-refractivity contribution in [2.24, 2.45) is 0 Å². The Balaban J connectivity index is 1.56. The molecule has 0 spiro atoms. The molecule has 2 aromatic rings.